The molecule has 3 amide bonds. The van der Waals surface area contributed by atoms with Crippen molar-refractivity contribution in [1.29, 1.82) is 0 Å². The van der Waals surface area contributed by atoms with Crippen LogP contribution in [-0.4, -0.2) is 43.9 Å². The number of carbonyl (C=O) groups excluding carboxylic acids is 3. The molecule has 29 heavy (non-hydrogen) atoms. The Morgan fingerprint density at radius 1 is 1.07 bits per heavy atom. The maximum Gasteiger partial charge on any atom is 0.261 e. The number of nitrogens with zero attached hydrogens (tertiary/aromatic N) is 4. The van der Waals surface area contributed by atoms with Gasteiger partial charge in [-0.25, -0.2) is 9.67 Å². The third kappa shape index (κ3) is 3.81. The number of rotatable bonds is 6. The first kappa shape index (κ1) is 19.0. The Balaban J connectivity index is 1.36. The minimum absolute atomic E-state index is 0.157. The zero-order valence-electron chi connectivity index (χ0n) is 15.2. The number of hydrogen-bond donors (Lipinski definition) is 1. The Bertz CT molecular complexity index is 1100. The first-order chi connectivity index (χ1) is 14.0. The first-order valence-corrected chi connectivity index (χ1v) is 9.74. The van der Waals surface area contributed by atoms with Gasteiger partial charge in [0.05, 0.1) is 16.8 Å². The number of aromatic nitrogens is 3. The normalized spacial score (nSPS) is 12.9. The van der Waals surface area contributed by atoms with Gasteiger partial charge < -0.3 is 5.32 Å². The number of benzene rings is 1. The number of carbonyl (C=O) groups is 3. The van der Waals surface area contributed by atoms with E-state index < -0.39 is 0 Å². The number of amides is 3. The van der Waals surface area contributed by atoms with E-state index in [1.807, 2.05) is 0 Å². The van der Waals surface area contributed by atoms with Crippen LogP contribution in [0.1, 0.15) is 33.6 Å². The van der Waals surface area contributed by atoms with Crippen LogP contribution < -0.4 is 5.32 Å². The smallest absolute Gasteiger partial charge is 0.261 e. The summed E-state index contributed by atoms with van der Waals surface area (Å²) < 4.78 is 2.30. The quantitative estimate of drug-likeness (QED) is 0.578. The fourth-order valence-electron chi connectivity index (χ4n) is 3.15. The summed E-state index contributed by atoms with van der Waals surface area (Å²) in [5, 5.41) is 6.94. The van der Waals surface area contributed by atoms with Crippen molar-refractivity contribution in [3.05, 3.63) is 70.6 Å². The van der Waals surface area contributed by atoms with Crippen molar-refractivity contribution < 1.29 is 14.4 Å². The lowest BCUT2D eigenvalue weighted by molar-refractivity contribution is -0.116. The molecule has 0 saturated heterocycles. The second-order valence-corrected chi connectivity index (χ2v) is 7.34. The molecule has 0 radical (unpaired) electrons. The van der Waals surface area contributed by atoms with Gasteiger partial charge in [0.1, 0.15) is 0 Å². The summed E-state index contributed by atoms with van der Waals surface area (Å²) >= 11 is 3.31. The predicted octanol–water partition coefficient (Wildman–Crippen LogP) is 3.04. The monoisotopic (exact) mass is 453 g/mol. The Kier molecular flexibility index (Phi) is 5.22. The summed E-state index contributed by atoms with van der Waals surface area (Å²) in [7, 11) is 0. The number of nitrogens with one attached hydrogen (secondary N) is 1. The lowest BCUT2D eigenvalue weighted by atomic mass is 10.1. The SMILES string of the molecule is O=C(CCCN1C(=O)c2ccc(Br)cc2C1=O)Nc1cccnc1-n1cccn1. The van der Waals surface area contributed by atoms with Crippen LogP contribution in [0.4, 0.5) is 5.69 Å². The molecule has 0 spiro atoms. The van der Waals surface area contributed by atoms with Gasteiger partial charge in [0.15, 0.2) is 5.82 Å². The van der Waals surface area contributed by atoms with Gasteiger partial charge in [-0.3, -0.25) is 19.3 Å². The molecule has 0 fully saturated rings. The third-order valence-corrected chi connectivity index (χ3v) is 4.99. The van der Waals surface area contributed by atoms with E-state index in [0.717, 1.165) is 4.47 Å². The maximum absolute atomic E-state index is 12.5. The van der Waals surface area contributed by atoms with E-state index in [4.69, 9.17) is 0 Å². The van der Waals surface area contributed by atoms with Crippen molar-refractivity contribution in [2.24, 2.45) is 0 Å². The fraction of sp³-hybridized carbons (Fsp3) is 0.150. The van der Waals surface area contributed by atoms with E-state index in [1.54, 1.807) is 59.7 Å². The van der Waals surface area contributed by atoms with Crippen molar-refractivity contribution in [3.63, 3.8) is 0 Å². The molecular weight excluding hydrogens is 438 g/mol. The highest BCUT2D eigenvalue weighted by Crippen LogP contribution is 2.26. The molecule has 1 aliphatic heterocycles. The largest absolute Gasteiger partial charge is 0.323 e. The topological polar surface area (TPSA) is 97.2 Å². The molecule has 1 aromatic carbocycles. The first-order valence-electron chi connectivity index (χ1n) is 8.95. The average molecular weight is 454 g/mol. The Morgan fingerprint density at radius 2 is 1.90 bits per heavy atom. The molecule has 8 nitrogen and oxygen atoms in total. The minimum atomic E-state index is -0.333. The maximum atomic E-state index is 12.5. The second-order valence-electron chi connectivity index (χ2n) is 6.43. The van der Waals surface area contributed by atoms with E-state index in [9.17, 15) is 14.4 Å². The van der Waals surface area contributed by atoms with Gasteiger partial charge in [0.25, 0.3) is 11.8 Å². The zero-order chi connectivity index (χ0) is 20.4. The molecule has 4 rings (SSSR count). The van der Waals surface area contributed by atoms with Crippen molar-refractivity contribution in [1.82, 2.24) is 19.7 Å². The summed E-state index contributed by atoms with van der Waals surface area (Å²) in [6.07, 6.45) is 5.49. The molecule has 146 valence electrons. The average Bonchev–Trinajstić information content (AvgIpc) is 3.32. The van der Waals surface area contributed by atoms with Crippen LogP contribution in [-0.2, 0) is 4.79 Å². The molecule has 9 heteroatoms. The summed E-state index contributed by atoms with van der Waals surface area (Å²) in [6, 6.07) is 10.2. The standard InChI is InChI=1S/C20H16BrN5O3/c21-13-6-7-14-15(12-13)20(29)25(19(14)28)10-2-5-17(27)24-16-4-1-8-22-18(16)26-11-3-9-23-26/h1,3-4,6-9,11-12H,2,5,10H2,(H,24,27). The zero-order valence-corrected chi connectivity index (χ0v) is 16.8. The van der Waals surface area contributed by atoms with E-state index >= 15 is 0 Å². The lowest BCUT2D eigenvalue weighted by Gasteiger charge is -2.14. The molecule has 3 heterocycles. The number of anilines is 1. The Hall–Kier alpha value is -3.33. The van der Waals surface area contributed by atoms with E-state index in [1.165, 1.54) is 4.90 Å². The molecule has 0 unspecified atom stereocenters. The highest BCUT2D eigenvalue weighted by atomic mass is 79.9. The number of pyridine rings is 1. The van der Waals surface area contributed by atoms with Gasteiger partial charge >= 0.3 is 0 Å². The van der Waals surface area contributed by atoms with Gasteiger partial charge in [0, 0.05) is 36.0 Å². The molecule has 0 aliphatic carbocycles. The third-order valence-electron chi connectivity index (χ3n) is 4.50. The van der Waals surface area contributed by atoms with E-state index in [0.29, 0.717) is 29.1 Å². The molecule has 2 aromatic heterocycles. The summed E-state index contributed by atoms with van der Waals surface area (Å²) in [5.41, 5.74) is 1.31. The Labute approximate surface area is 174 Å². The van der Waals surface area contributed by atoms with Crippen molar-refractivity contribution in [3.8, 4) is 5.82 Å². The van der Waals surface area contributed by atoms with Gasteiger partial charge in [0.2, 0.25) is 5.91 Å². The number of halogens is 1. The van der Waals surface area contributed by atoms with Crippen LogP contribution in [0.3, 0.4) is 0 Å². The Morgan fingerprint density at radius 3 is 2.69 bits per heavy atom. The van der Waals surface area contributed by atoms with Crippen LogP contribution in [0.2, 0.25) is 0 Å². The van der Waals surface area contributed by atoms with Crippen LogP contribution in [0.15, 0.2) is 59.5 Å². The van der Waals surface area contributed by atoms with Crippen LogP contribution in [0.25, 0.3) is 5.82 Å². The van der Waals surface area contributed by atoms with Gasteiger partial charge in [-0.2, -0.15) is 5.10 Å². The lowest BCUT2D eigenvalue weighted by Crippen LogP contribution is -2.31. The molecule has 0 bridgehead atoms. The highest BCUT2D eigenvalue weighted by molar-refractivity contribution is 9.10. The highest BCUT2D eigenvalue weighted by Gasteiger charge is 2.35. The van der Waals surface area contributed by atoms with Gasteiger partial charge in [-0.15, -0.1) is 0 Å². The predicted molar refractivity (Wildman–Crippen MR) is 109 cm³/mol. The van der Waals surface area contributed by atoms with Crippen molar-refractivity contribution in [2.75, 3.05) is 11.9 Å². The van der Waals surface area contributed by atoms with E-state index in [2.05, 4.69) is 31.3 Å². The summed E-state index contributed by atoms with van der Waals surface area (Å²) in [5.74, 6) is -0.381. The van der Waals surface area contributed by atoms with Crippen LogP contribution >= 0.6 is 15.9 Å². The molecular formula is C20H16BrN5O3. The summed E-state index contributed by atoms with van der Waals surface area (Å²) in [6.45, 7) is 0.177. The summed E-state index contributed by atoms with van der Waals surface area (Å²) in [4.78, 5) is 42.7. The number of fused-ring (bicyclic) bond motifs is 1. The van der Waals surface area contributed by atoms with Crippen molar-refractivity contribution >= 4 is 39.3 Å². The molecule has 3 aromatic rings. The molecule has 1 aliphatic rings. The molecule has 0 atom stereocenters. The number of hydrogen-bond acceptors (Lipinski definition) is 5. The number of imide groups is 1. The van der Waals surface area contributed by atoms with E-state index in [-0.39, 0.29) is 30.7 Å². The fourth-order valence-corrected chi connectivity index (χ4v) is 3.51. The van der Waals surface area contributed by atoms with Crippen molar-refractivity contribution in [2.45, 2.75) is 12.8 Å². The van der Waals surface area contributed by atoms with Crippen LogP contribution in [0, 0.1) is 0 Å². The van der Waals surface area contributed by atoms with Crippen LogP contribution in [0.5, 0.6) is 0 Å². The van der Waals surface area contributed by atoms with Gasteiger partial charge in [-0.05, 0) is 42.8 Å². The molecule has 1 N–H and O–H groups in total. The molecule has 0 saturated carbocycles. The minimum Gasteiger partial charge on any atom is -0.323 e. The van der Waals surface area contributed by atoms with Gasteiger partial charge in [-0.1, -0.05) is 15.9 Å². The second kappa shape index (κ2) is 7.96.